The van der Waals surface area contributed by atoms with Crippen LogP contribution < -0.4 is 0 Å². The van der Waals surface area contributed by atoms with Crippen molar-refractivity contribution < 1.29 is 14.3 Å². The van der Waals surface area contributed by atoms with Gasteiger partial charge < -0.3 is 4.74 Å². The number of esters is 1. The number of ketones is 1. The van der Waals surface area contributed by atoms with Crippen LogP contribution in [0.4, 0.5) is 0 Å². The zero-order valence-corrected chi connectivity index (χ0v) is 11.7. The van der Waals surface area contributed by atoms with Gasteiger partial charge in [0.25, 0.3) is 0 Å². The van der Waals surface area contributed by atoms with Crippen molar-refractivity contribution in [2.45, 2.75) is 77.7 Å². The maximum Gasteiger partial charge on any atom is 0.306 e. The SMILES string of the molecule is C[C@H]1CC(=O)CCCCCCCCC(=O)O[C@@H]1C. The Balaban J connectivity index is 2.47. The zero-order valence-electron chi connectivity index (χ0n) is 11.7. The lowest BCUT2D eigenvalue weighted by molar-refractivity contribution is -0.151. The molecule has 104 valence electrons. The highest BCUT2D eigenvalue weighted by Crippen LogP contribution is 2.17. The highest BCUT2D eigenvalue weighted by Gasteiger charge is 2.19. The average molecular weight is 254 g/mol. The van der Waals surface area contributed by atoms with Gasteiger partial charge in [-0.15, -0.1) is 0 Å². The Morgan fingerprint density at radius 3 is 2.11 bits per heavy atom. The molecule has 0 saturated carbocycles. The molecule has 0 aromatic carbocycles. The lowest BCUT2D eigenvalue weighted by Crippen LogP contribution is -2.24. The number of cyclic esters (lactones) is 1. The zero-order chi connectivity index (χ0) is 13.4. The molecule has 1 fully saturated rings. The second-order valence-corrected chi connectivity index (χ2v) is 5.54. The predicted molar refractivity (Wildman–Crippen MR) is 71.3 cm³/mol. The minimum absolute atomic E-state index is 0.112. The quantitative estimate of drug-likeness (QED) is 0.620. The summed E-state index contributed by atoms with van der Waals surface area (Å²) in [6, 6.07) is 0. The van der Waals surface area contributed by atoms with Gasteiger partial charge in [-0.25, -0.2) is 0 Å². The molecule has 18 heavy (non-hydrogen) atoms. The molecule has 0 bridgehead atoms. The largest absolute Gasteiger partial charge is 0.462 e. The van der Waals surface area contributed by atoms with Gasteiger partial charge in [0, 0.05) is 19.3 Å². The van der Waals surface area contributed by atoms with Gasteiger partial charge in [0.2, 0.25) is 0 Å². The summed E-state index contributed by atoms with van der Waals surface area (Å²) in [5.74, 6) is 0.325. The molecule has 0 aliphatic carbocycles. The Labute approximate surface area is 110 Å². The average Bonchev–Trinajstić information content (AvgIpc) is 2.31. The molecule has 0 aromatic rings. The van der Waals surface area contributed by atoms with Gasteiger partial charge in [0.15, 0.2) is 0 Å². The Morgan fingerprint density at radius 1 is 0.889 bits per heavy atom. The van der Waals surface area contributed by atoms with Crippen molar-refractivity contribution in [1.82, 2.24) is 0 Å². The Hall–Kier alpha value is -0.860. The number of hydrogen-bond donors (Lipinski definition) is 0. The first kappa shape index (κ1) is 15.2. The van der Waals surface area contributed by atoms with Crippen molar-refractivity contribution in [3.05, 3.63) is 0 Å². The first-order chi connectivity index (χ1) is 8.59. The summed E-state index contributed by atoms with van der Waals surface area (Å²) in [6.07, 6.45) is 8.10. The molecular weight excluding hydrogens is 228 g/mol. The van der Waals surface area contributed by atoms with Gasteiger partial charge in [-0.1, -0.05) is 32.6 Å². The van der Waals surface area contributed by atoms with E-state index >= 15 is 0 Å². The Kier molecular flexibility index (Phi) is 6.99. The third-order valence-electron chi connectivity index (χ3n) is 3.75. The first-order valence-electron chi connectivity index (χ1n) is 7.31. The van der Waals surface area contributed by atoms with Crippen molar-refractivity contribution >= 4 is 11.8 Å². The van der Waals surface area contributed by atoms with Gasteiger partial charge in [-0.3, -0.25) is 9.59 Å². The molecule has 0 radical (unpaired) electrons. The fraction of sp³-hybridized carbons (Fsp3) is 0.867. The number of hydrogen-bond acceptors (Lipinski definition) is 3. The van der Waals surface area contributed by atoms with Crippen molar-refractivity contribution in [2.24, 2.45) is 5.92 Å². The van der Waals surface area contributed by atoms with E-state index in [1.54, 1.807) is 0 Å². The van der Waals surface area contributed by atoms with Crippen molar-refractivity contribution in [3.8, 4) is 0 Å². The van der Waals surface area contributed by atoms with Crippen LogP contribution in [0.15, 0.2) is 0 Å². The van der Waals surface area contributed by atoms with Gasteiger partial charge in [0.05, 0.1) is 0 Å². The number of ether oxygens (including phenoxy) is 1. The molecule has 0 spiro atoms. The molecule has 0 unspecified atom stereocenters. The van der Waals surface area contributed by atoms with Gasteiger partial charge in [-0.05, 0) is 25.7 Å². The monoisotopic (exact) mass is 254 g/mol. The third kappa shape index (κ3) is 6.18. The topological polar surface area (TPSA) is 43.4 Å². The van der Waals surface area contributed by atoms with Crippen LogP contribution >= 0.6 is 0 Å². The van der Waals surface area contributed by atoms with Crippen LogP contribution in [0.5, 0.6) is 0 Å². The summed E-state index contributed by atoms with van der Waals surface area (Å²) in [6.45, 7) is 3.88. The van der Waals surface area contributed by atoms with E-state index in [4.69, 9.17) is 4.74 Å². The van der Waals surface area contributed by atoms with Crippen molar-refractivity contribution in [2.75, 3.05) is 0 Å². The maximum atomic E-state index is 11.7. The summed E-state index contributed by atoms with van der Waals surface area (Å²) in [4.78, 5) is 23.3. The van der Waals surface area contributed by atoms with Crippen LogP contribution in [-0.4, -0.2) is 17.9 Å². The van der Waals surface area contributed by atoms with Crippen molar-refractivity contribution in [1.29, 1.82) is 0 Å². The molecule has 2 atom stereocenters. The standard InChI is InChI=1S/C15H26O3/c1-12-11-14(16)9-7-5-3-4-6-8-10-15(17)18-13(12)2/h12-13H,3-11H2,1-2H3/t12-,13+/m0/s1. The van der Waals surface area contributed by atoms with Crippen LogP contribution in [0, 0.1) is 5.92 Å². The van der Waals surface area contributed by atoms with E-state index in [9.17, 15) is 9.59 Å². The summed E-state index contributed by atoms with van der Waals surface area (Å²) in [7, 11) is 0. The molecule has 0 N–H and O–H groups in total. The molecule has 1 aliphatic rings. The third-order valence-corrected chi connectivity index (χ3v) is 3.75. The maximum absolute atomic E-state index is 11.7. The Bertz CT molecular complexity index is 245. The van der Waals surface area contributed by atoms with E-state index in [-0.39, 0.29) is 18.0 Å². The van der Waals surface area contributed by atoms with Crippen LogP contribution in [0.1, 0.15) is 71.6 Å². The smallest absolute Gasteiger partial charge is 0.306 e. The molecule has 1 saturated heterocycles. The van der Waals surface area contributed by atoms with Crippen LogP contribution in [-0.2, 0) is 14.3 Å². The van der Waals surface area contributed by atoms with E-state index in [2.05, 4.69) is 0 Å². The first-order valence-corrected chi connectivity index (χ1v) is 7.31. The fourth-order valence-corrected chi connectivity index (χ4v) is 2.31. The lowest BCUT2D eigenvalue weighted by Gasteiger charge is -2.20. The lowest BCUT2D eigenvalue weighted by atomic mass is 9.96. The van der Waals surface area contributed by atoms with E-state index in [0.717, 1.165) is 32.1 Å². The summed E-state index contributed by atoms with van der Waals surface area (Å²) >= 11 is 0. The van der Waals surface area contributed by atoms with E-state index in [1.807, 2.05) is 13.8 Å². The normalized spacial score (nSPS) is 29.4. The molecule has 1 aliphatic heterocycles. The van der Waals surface area contributed by atoms with Gasteiger partial charge in [-0.2, -0.15) is 0 Å². The minimum atomic E-state index is -0.149. The molecule has 0 amide bonds. The minimum Gasteiger partial charge on any atom is -0.462 e. The molecule has 3 heteroatoms. The van der Waals surface area contributed by atoms with E-state index < -0.39 is 0 Å². The number of Topliss-reactive ketones (excluding diaryl/α,β-unsaturated/α-hetero) is 1. The Morgan fingerprint density at radius 2 is 1.44 bits per heavy atom. The van der Waals surface area contributed by atoms with Crippen LogP contribution in [0.25, 0.3) is 0 Å². The number of carbonyl (C=O) groups is 2. The predicted octanol–water partition coefficient (Wildman–Crippen LogP) is 3.65. The summed E-state index contributed by atoms with van der Waals surface area (Å²) < 4.78 is 5.36. The molecule has 1 rings (SSSR count). The molecule has 3 nitrogen and oxygen atoms in total. The second-order valence-electron chi connectivity index (χ2n) is 5.54. The molecular formula is C15H26O3. The molecule has 0 aromatic heterocycles. The van der Waals surface area contributed by atoms with Crippen LogP contribution in [0.2, 0.25) is 0 Å². The van der Waals surface area contributed by atoms with Crippen molar-refractivity contribution in [3.63, 3.8) is 0 Å². The van der Waals surface area contributed by atoms with E-state index in [1.165, 1.54) is 6.42 Å². The van der Waals surface area contributed by atoms with E-state index in [0.29, 0.717) is 25.0 Å². The van der Waals surface area contributed by atoms with Gasteiger partial charge in [0.1, 0.15) is 11.9 Å². The number of rotatable bonds is 0. The number of carbonyl (C=O) groups excluding carboxylic acids is 2. The summed E-state index contributed by atoms with van der Waals surface area (Å²) in [5, 5.41) is 0. The fourth-order valence-electron chi connectivity index (χ4n) is 2.31. The van der Waals surface area contributed by atoms with Crippen LogP contribution in [0.3, 0.4) is 0 Å². The molecule has 1 heterocycles. The summed E-state index contributed by atoms with van der Waals surface area (Å²) in [5.41, 5.74) is 0. The highest BCUT2D eigenvalue weighted by molar-refractivity contribution is 5.78. The van der Waals surface area contributed by atoms with Gasteiger partial charge >= 0.3 is 5.97 Å². The second kappa shape index (κ2) is 8.28. The highest BCUT2D eigenvalue weighted by atomic mass is 16.5.